The molecule has 7 nitrogen and oxygen atoms in total. The van der Waals surface area contributed by atoms with Gasteiger partial charge in [0.1, 0.15) is 0 Å². The van der Waals surface area contributed by atoms with Crippen LogP contribution in [0.3, 0.4) is 0 Å². The van der Waals surface area contributed by atoms with Gasteiger partial charge >= 0.3 is 5.97 Å². The lowest BCUT2D eigenvalue weighted by atomic mass is 9.95. The summed E-state index contributed by atoms with van der Waals surface area (Å²) in [4.78, 5) is 34.4. The first-order valence-electron chi connectivity index (χ1n) is 13.1. The van der Waals surface area contributed by atoms with E-state index in [0.29, 0.717) is 30.6 Å². The summed E-state index contributed by atoms with van der Waals surface area (Å²) in [5.41, 5.74) is 6.21. The maximum atomic E-state index is 14.0. The van der Waals surface area contributed by atoms with Gasteiger partial charge in [0.25, 0.3) is 5.56 Å². The monoisotopic (exact) mass is 608 g/mol. The fourth-order valence-corrected chi connectivity index (χ4v) is 6.49. The molecule has 0 bridgehead atoms. The largest absolute Gasteiger partial charge is 0.463 e. The first kappa shape index (κ1) is 28.9. The minimum Gasteiger partial charge on any atom is -0.463 e. The van der Waals surface area contributed by atoms with Gasteiger partial charge in [0, 0.05) is 36.9 Å². The molecule has 0 fully saturated rings. The molecule has 1 aliphatic heterocycles. The molecule has 2 aromatic carbocycles. The van der Waals surface area contributed by atoms with E-state index in [0.717, 1.165) is 33.9 Å². The van der Waals surface area contributed by atoms with Crippen molar-refractivity contribution in [2.24, 2.45) is 4.99 Å². The second-order valence-electron chi connectivity index (χ2n) is 10.0. The Labute approximate surface area is 252 Å². The van der Waals surface area contributed by atoms with Crippen LogP contribution in [-0.2, 0) is 9.53 Å². The summed E-state index contributed by atoms with van der Waals surface area (Å²) in [5.74, 6) is -0.477. The third-order valence-electron chi connectivity index (χ3n) is 7.16. The van der Waals surface area contributed by atoms with Gasteiger partial charge in [0.05, 0.1) is 38.5 Å². The number of halogens is 2. The highest BCUT2D eigenvalue weighted by Gasteiger charge is 2.33. The van der Waals surface area contributed by atoms with Gasteiger partial charge in [-0.25, -0.2) is 9.79 Å². The van der Waals surface area contributed by atoms with Gasteiger partial charge in [0.2, 0.25) is 0 Å². The number of anilines is 1. The van der Waals surface area contributed by atoms with Gasteiger partial charge in [0.15, 0.2) is 4.80 Å². The third kappa shape index (κ3) is 5.27. The zero-order chi connectivity index (χ0) is 29.6. The second kappa shape index (κ2) is 11.4. The number of allylic oxidation sites excluding steroid dienone is 1. The summed E-state index contributed by atoms with van der Waals surface area (Å²) in [6, 6.07) is 14.7. The molecule has 0 N–H and O–H groups in total. The number of hydrogen-bond acceptors (Lipinski definition) is 6. The molecule has 0 spiro atoms. The average Bonchev–Trinajstić information content (AvgIpc) is 3.38. The summed E-state index contributed by atoms with van der Waals surface area (Å²) in [5, 5.41) is 0.959. The molecule has 5 rings (SSSR count). The highest BCUT2D eigenvalue weighted by Crippen LogP contribution is 2.32. The van der Waals surface area contributed by atoms with Gasteiger partial charge in [-0.2, -0.15) is 0 Å². The Morgan fingerprint density at radius 2 is 1.78 bits per heavy atom. The maximum absolute atomic E-state index is 14.0. The van der Waals surface area contributed by atoms with Crippen LogP contribution in [0.25, 0.3) is 11.8 Å². The molecule has 0 unspecified atom stereocenters. The van der Waals surface area contributed by atoms with Gasteiger partial charge in [-0.05, 0) is 81.3 Å². The third-order valence-corrected chi connectivity index (χ3v) is 8.88. The smallest absolute Gasteiger partial charge is 0.338 e. The van der Waals surface area contributed by atoms with E-state index in [4.69, 9.17) is 27.9 Å². The fraction of sp³-hybridized carbons (Fsp3) is 0.258. The molecule has 0 saturated carbocycles. The number of nitrogens with zero attached hydrogens (tertiary/aromatic N) is 4. The fourth-order valence-electron chi connectivity index (χ4n) is 5.16. The summed E-state index contributed by atoms with van der Waals surface area (Å²) < 4.78 is 9.61. The van der Waals surface area contributed by atoms with Crippen LogP contribution in [0.2, 0.25) is 10.0 Å². The number of rotatable bonds is 6. The zero-order valence-electron chi connectivity index (χ0n) is 23.7. The summed E-state index contributed by atoms with van der Waals surface area (Å²) in [6.07, 6.45) is 1.88. The summed E-state index contributed by atoms with van der Waals surface area (Å²) in [6.45, 7) is 7.77. The lowest BCUT2D eigenvalue weighted by Crippen LogP contribution is -2.40. The van der Waals surface area contributed by atoms with E-state index >= 15 is 0 Å². The van der Waals surface area contributed by atoms with E-state index in [1.54, 1.807) is 24.5 Å². The summed E-state index contributed by atoms with van der Waals surface area (Å²) in [7, 11) is 3.93. The Kier molecular flexibility index (Phi) is 8.01. The SMILES string of the molecule is CCOC(=O)C1=C(C)N=c2s/c(=C\c3cc(C)n(-c4ccc(Cl)c(Cl)c4)c3C)c(=O)n2[C@@H]1c1ccc(N(C)C)cc1. The van der Waals surface area contributed by atoms with Crippen LogP contribution in [0.4, 0.5) is 5.69 Å². The second-order valence-corrected chi connectivity index (χ2v) is 11.9. The Bertz CT molecular complexity index is 1880. The van der Waals surface area contributed by atoms with Crippen LogP contribution in [0.5, 0.6) is 0 Å². The molecule has 0 aliphatic carbocycles. The van der Waals surface area contributed by atoms with Crippen molar-refractivity contribution in [3.8, 4) is 5.69 Å². The lowest BCUT2D eigenvalue weighted by molar-refractivity contribution is -0.139. The molecule has 1 aliphatic rings. The van der Waals surface area contributed by atoms with E-state index in [9.17, 15) is 9.59 Å². The normalized spacial score (nSPS) is 15.1. The lowest BCUT2D eigenvalue weighted by Gasteiger charge is -2.25. The number of aryl methyl sites for hydroxylation is 1. The van der Waals surface area contributed by atoms with Crippen molar-refractivity contribution in [3.63, 3.8) is 0 Å². The molecule has 3 heterocycles. The van der Waals surface area contributed by atoms with Gasteiger partial charge in [-0.15, -0.1) is 0 Å². The van der Waals surface area contributed by atoms with Crippen LogP contribution in [0.15, 0.2) is 69.6 Å². The van der Waals surface area contributed by atoms with Gasteiger partial charge in [-0.1, -0.05) is 46.7 Å². The van der Waals surface area contributed by atoms with Crippen LogP contribution in [0.1, 0.15) is 42.4 Å². The first-order chi connectivity index (χ1) is 19.5. The Morgan fingerprint density at radius 3 is 2.41 bits per heavy atom. The van der Waals surface area contributed by atoms with Gasteiger partial charge in [-0.3, -0.25) is 9.36 Å². The van der Waals surface area contributed by atoms with Crippen molar-refractivity contribution in [3.05, 3.63) is 112 Å². The molecule has 0 saturated heterocycles. The van der Waals surface area contributed by atoms with Gasteiger partial charge < -0.3 is 14.2 Å². The molecular formula is C31H30Cl2N4O3S. The van der Waals surface area contributed by atoms with Crippen molar-refractivity contribution in [2.75, 3.05) is 25.6 Å². The number of carbonyl (C=O) groups excluding carboxylic acids is 1. The van der Waals surface area contributed by atoms with Crippen LogP contribution in [0, 0.1) is 13.8 Å². The molecule has 1 atom stereocenters. The van der Waals surface area contributed by atoms with Crippen molar-refractivity contribution >= 4 is 52.3 Å². The highest BCUT2D eigenvalue weighted by molar-refractivity contribution is 7.07. The number of thiazole rings is 1. The van der Waals surface area contributed by atoms with Crippen LogP contribution >= 0.6 is 34.5 Å². The van der Waals surface area contributed by atoms with Crippen molar-refractivity contribution < 1.29 is 9.53 Å². The first-order valence-corrected chi connectivity index (χ1v) is 14.7. The van der Waals surface area contributed by atoms with E-state index in [-0.39, 0.29) is 12.2 Å². The molecule has 212 valence electrons. The van der Waals surface area contributed by atoms with E-state index < -0.39 is 12.0 Å². The topological polar surface area (TPSA) is 68.8 Å². The predicted molar refractivity (Wildman–Crippen MR) is 166 cm³/mol. The zero-order valence-corrected chi connectivity index (χ0v) is 26.0. The average molecular weight is 610 g/mol. The maximum Gasteiger partial charge on any atom is 0.338 e. The Balaban J connectivity index is 1.68. The quantitative estimate of drug-likeness (QED) is 0.268. The molecule has 0 radical (unpaired) electrons. The Morgan fingerprint density at radius 1 is 1.07 bits per heavy atom. The number of carbonyl (C=O) groups is 1. The number of benzene rings is 2. The van der Waals surface area contributed by atoms with Crippen LogP contribution < -0.4 is 19.8 Å². The van der Waals surface area contributed by atoms with Crippen LogP contribution in [-0.4, -0.2) is 35.8 Å². The number of ether oxygens (including phenoxy) is 1. The van der Waals surface area contributed by atoms with E-state index in [1.807, 2.05) is 81.4 Å². The predicted octanol–water partition coefficient (Wildman–Crippen LogP) is 5.58. The minimum atomic E-state index is -0.660. The standard InChI is InChI=1S/C31H30Cl2N4O3S/c1-7-40-30(39)27-18(3)34-31-37(28(27)20-8-10-22(11-9-20)35(5)6)29(38)26(41-31)15-21-14-17(2)36(19(21)4)23-12-13-24(32)25(33)16-23/h8-16,28H,7H2,1-6H3/b26-15-/t28-/m1/s1. The number of fused-ring (bicyclic) bond motifs is 1. The molecule has 41 heavy (non-hydrogen) atoms. The molecule has 4 aromatic rings. The number of aromatic nitrogens is 2. The van der Waals surface area contributed by atoms with E-state index in [2.05, 4.69) is 9.56 Å². The van der Waals surface area contributed by atoms with E-state index in [1.165, 1.54) is 11.3 Å². The number of hydrogen-bond donors (Lipinski definition) is 0. The molecule has 0 amide bonds. The van der Waals surface area contributed by atoms with Crippen molar-refractivity contribution in [1.29, 1.82) is 0 Å². The Hall–Kier alpha value is -3.59. The van der Waals surface area contributed by atoms with Crippen molar-refractivity contribution in [2.45, 2.75) is 33.7 Å². The number of esters is 1. The molecule has 2 aromatic heterocycles. The molecular weight excluding hydrogens is 579 g/mol. The van der Waals surface area contributed by atoms with Crippen molar-refractivity contribution in [1.82, 2.24) is 9.13 Å². The summed E-state index contributed by atoms with van der Waals surface area (Å²) >= 11 is 13.7. The highest BCUT2D eigenvalue weighted by atomic mass is 35.5. The molecule has 10 heteroatoms. The minimum absolute atomic E-state index is 0.218.